The van der Waals surface area contributed by atoms with Crippen molar-refractivity contribution in [1.82, 2.24) is 0 Å². The lowest BCUT2D eigenvalue weighted by Gasteiger charge is -1.89. The second kappa shape index (κ2) is 7.88. The minimum Gasteiger partial charge on any atom is -0.0761 e. The predicted molar refractivity (Wildman–Crippen MR) is 66.6 cm³/mol. The van der Waals surface area contributed by atoms with Crippen molar-refractivity contribution < 1.29 is 0 Å². The number of allylic oxidation sites excluding steroid dienone is 2. The third-order valence-corrected chi connectivity index (χ3v) is 2.17. The molecule has 15 heavy (non-hydrogen) atoms. The van der Waals surface area contributed by atoms with Crippen LogP contribution in [0.5, 0.6) is 0 Å². The van der Waals surface area contributed by atoms with Crippen LogP contribution in [-0.4, -0.2) is 0 Å². The smallest absolute Gasteiger partial charge is 0.0248 e. The summed E-state index contributed by atoms with van der Waals surface area (Å²) in [5, 5.41) is 0. The molecule has 0 unspecified atom stereocenters. The molecule has 0 N–H and O–H groups in total. The van der Waals surface area contributed by atoms with E-state index in [-0.39, 0.29) is 0 Å². The van der Waals surface area contributed by atoms with Crippen molar-refractivity contribution in [2.24, 2.45) is 0 Å². The van der Waals surface area contributed by atoms with Crippen LogP contribution in [0.25, 0.3) is 0 Å². The highest BCUT2D eigenvalue weighted by Gasteiger charge is 1.81. The fourth-order valence-electron chi connectivity index (χ4n) is 1.30. The molecule has 1 aromatic carbocycles. The molecular weight excluding hydrogens is 180 g/mol. The van der Waals surface area contributed by atoms with Crippen LogP contribution < -0.4 is 0 Å². The van der Waals surface area contributed by atoms with Crippen molar-refractivity contribution >= 4 is 0 Å². The van der Waals surface area contributed by atoms with Gasteiger partial charge in [0.25, 0.3) is 0 Å². The first-order valence-electron chi connectivity index (χ1n) is 5.65. The molecular formula is C15H18. The van der Waals surface area contributed by atoms with Gasteiger partial charge in [0.1, 0.15) is 0 Å². The summed E-state index contributed by atoms with van der Waals surface area (Å²) in [6.45, 7) is 2.22. The summed E-state index contributed by atoms with van der Waals surface area (Å²) in [6.07, 6.45) is 9.14. The van der Waals surface area contributed by atoms with Crippen molar-refractivity contribution in [1.29, 1.82) is 0 Å². The molecule has 1 aromatic rings. The number of rotatable bonds is 4. The van der Waals surface area contributed by atoms with Gasteiger partial charge in [0.2, 0.25) is 0 Å². The number of hydrogen-bond donors (Lipinski definition) is 0. The summed E-state index contributed by atoms with van der Waals surface area (Å²) >= 11 is 0. The number of benzene rings is 1. The van der Waals surface area contributed by atoms with Gasteiger partial charge in [-0.1, -0.05) is 55.9 Å². The molecule has 0 heterocycles. The van der Waals surface area contributed by atoms with E-state index >= 15 is 0 Å². The van der Waals surface area contributed by atoms with E-state index in [0.29, 0.717) is 0 Å². The predicted octanol–water partition coefficient (Wildman–Crippen LogP) is 4.17. The van der Waals surface area contributed by atoms with Gasteiger partial charge in [-0.15, -0.1) is 0 Å². The quantitative estimate of drug-likeness (QED) is 0.503. The zero-order chi connectivity index (χ0) is 10.8. The molecule has 0 saturated carbocycles. The minimum atomic E-state index is 1.08. The van der Waals surface area contributed by atoms with Crippen LogP contribution in [0.2, 0.25) is 0 Å². The second-order valence-electron chi connectivity index (χ2n) is 3.53. The first kappa shape index (κ1) is 11.6. The minimum absolute atomic E-state index is 1.08. The van der Waals surface area contributed by atoms with Crippen LogP contribution in [0, 0.1) is 11.8 Å². The van der Waals surface area contributed by atoms with Crippen molar-refractivity contribution in [2.75, 3.05) is 0 Å². The lowest BCUT2D eigenvalue weighted by Crippen LogP contribution is -1.71. The van der Waals surface area contributed by atoms with Crippen molar-refractivity contribution in [3.05, 3.63) is 48.0 Å². The molecule has 0 amide bonds. The van der Waals surface area contributed by atoms with Crippen LogP contribution in [0.4, 0.5) is 0 Å². The molecule has 0 fully saturated rings. The SMILES string of the molecule is CCCCC/C=C/C#Cc1ccccc1. The van der Waals surface area contributed by atoms with Gasteiger partial charge in [-0.3, -0.25) is 0 Å². The Kier molecular flexibility index (Phi) is 6.09. The summed E-state index contributed by atoms with van der Waals surface area (Å²) in [5.74, 6) is 6.15. The maximum atomic E-state index is 3.10. The molecule has 0 spiro atoms. The van der Waals surface area contributed by atoms with Gasteiger partial charge >= 0.3 is 0 Å². The maximum Gasteiger partial charge on any atom is 0.0248 e. The van der Waals surface area contributed by atoms with E-state index in [9.17, 15) is 0 Å². The molecule has 0 heteroatoms. The average molecular weight is 198 g/mol. The van der Waals surface area contributed by atoms with Crippen LogP contribution >= 0.6 is 0 Å². The molecule has 0 aromatic heterocycles. The van der Waals surface area contributed by atoms with Crippen molar-refractivity contribution in [3.8, 4) is 11.8 Å². The molecule has 0 saturated heterocycles. The summed E-state index contributed by atoms with van der Waals surface area (Å²) in [5.41, 5.74) is 1.08. The summed E-state index contributed by atoms with van der Waals surface area (Å²) in [4.78, 5) is 0. The van der Waals surface area contributed by atoms with E-state index in [0.717, 1.165) is 12.0 Å². The Morgan fingerprint density at radius 1 is 1.13 bits per heavy atom. The second-order valence-corrected chi connectivity index (χ2v) is 3.53. The average Bonchev–Trinajstić information content (AvgIpc) is 2.29. The Bertz CT molecular complexity index is 335. The van der Waals surface area contributed by atoms with Crippen LogP contribution in [0.3, 0.4) is 0 Å². The van der Waals surface area contributed by atoms with Crippen LogP contribution in [-0.2, 0) is 0 Å². The molecule has 0 bridgehead atoms. The molecule has 78 valence electrons. The first-order valence-corrected chi connectivity index (χ1v) is 5.65. The van der Waals surface area contributed by atoms with Crippen LogP contribution in [0.15, 0.2) is 42.5 Å². The van der Waals surface area contributed by atoms with E-state index in [1.807, 2.05) is 36.4 Å². The Labute approximate surface area is 93.0 Å². The lowest BCUT2D eigenvalue weighted by atomic mass is 10.2. The third kappa shape index (κ3) is 5.75. The van der Waals surface area contributed by atoms with E-state index in [1.54, 1.807) is 0 Å². The molecule has 0 aliphatic carbocycles. The third-order valence-electron chi connectivity index (χ3n) is 2.17. The maximum absolute atomic E-state index is 3.10. The first-order chi connectivity index (χ1) is 7.43. The zero-order valence-electron chi connectivity index (χ0n) is 9.37. The standard InChI is InChI=1S/C15H18/c1-2-3-4-5-6-7-9-12-15-13-10-8-11-14-15/h6-8,10-11,13-14H,2-5H2,1H3/b7-6+. The van der Waals surface area contributed by atoms with Gasteiger partial charge < -0.3 is 0 Å². The summed E-state index contributed by atoms with van der Waals surface area (Å²) < 4.78 is 0. The monoisotopic (exact) mass is 198 g/mol. The summed E-state index contributed by atoms with van der Waals surface area (Å²) in [7, 11) is 0. The van der Waals surface area contributed by atoms with E-state index in [1.165, 1.54) is 19.3 Å². The normalized spacial score (nSPS) is 9.93. The van der Waals surface area contributed by atoms with E-state index < -0.39 is 0 Å². The van der Waals surface area contributed by atoms with Crippen molar-refractivity contribution in [3.63, 3.8) is 0 Å². The van der Waals surface area contributed by atoms with Crippen molar-refractivity contribution in [2.45, 2.75) is 32.6 Å². The van der Waals surface area contributed by atoms with Gasteiger partial charge in [-0.2, -0.15) is 0 Å². The fraction of sp³-hybridized carbons (Fsp3) is 0.333. The summed E-state index contributed by atoms with van der Waals surface area (Å²) in [6, 6.07) is 10.1. The highest BCUT2D eigenvalue weighted by atomic mass is 13.9. The van der Waals surface area contributed by atoms with Gasteiger partial charge in [-0.05, 0) is 31.1 Å². The number of unbranched alkanes of at least 4 members (excludes halogenated alkanes) is 3. The largest absolute Gasteiger partial charge is 0.0761 e. The molecule has 0 aliphatic heterocycles. The van der Waals surface area contributed by atoms with Gasteiger partial charge in [0.15, 0.2) is 0 Å². The Balaban J connectivity index is 2.28. The molecule has 0 radical (unpaired) electrons. The number of hydrogen-bond acceptors (Lipinski definition) is 0. The van der Waals surface area contributed by atoms with Crippen LogP contribution in [0.1, 0.15) is 38.2 Å². The lowest BCUT2D eigenvalue weighted by molar-refractivity contribution is 0.729. The fourth-order valence-corrected chi connectivity index (χ4v) is 1.30. The van der Waals surface area contributed by atoms with Gasteiger partial charge in [-0.25, -0.2) is 0 Å². The molecule has 0 atom stereocenters. The van der Waals surface area contributed by atoms with E-state index in [2.05, 4.69) is 24.8 Å². The van der Waals surface area contributed by atoms with Gasteiger partial charge in [0, 0.05) is 5.56 Å². The molecule has 0 nitrogen and oxygen atoms in total. The Hall–Kier alpha value is -1.48. The van der Waals surface area contributed by atoms with Gasteiger partial charge in [0.05, 0.1) is 0 Å². The Morgan fingerprint density at radius 3 is 2.67 bits per heavy atom. The highest BCUT2D eigenvalue weighted by molar-refractivity contribution is 5.36. The highest BCUT2D eigenvalue weighted by Crippen LogP contribution is 1.99. The molecule has 1 rings (SSSR count). The zero-order valence-corrected chi connectivity index (χ0v) is 9.37. The van der Waals surface area contributed by atoms with E-state index in [4.69, 9.17) is 0 Å². The molecule has 0 aliphatic rings. The Morgan fingerprint density at radius 2 is 1.93 bits per heavy atom. The topological polar surface area (TPSA) is 0 Å².